The number of nitrogens with zero attached hydrogens (tertiary/aromatic N) is 3. The standard InChI is InChI=1S/C52H33N3/c1-2-15-37(16-3-1)53-47-21-9-6-19-41(47)44-33-52-45(32-51(44)53)42-20-7-10-22-48(42)54(52)38-28-25-34(26-29-38)36-27-30-50-43(31-36)40-18-8-11-23-49(40)55(50)46-24-12-14-35-13-4-5-17-39(35)46/h1-33H. The summed E-state index contributed by atoms with van der Waals surface area (Å²) in [5.41, 5.74) is 13.2. The normalized spacial score (nSPS) is 12.0. The molecule has 0 unspecified atom stereocenters. The Kier molecular flexibility index (Phi) is 6.34. The van der Waals surface area contributed by atoms with Crippen LogP contribution in [0.25, 0.3) is 104 Å². The van der Waals surface area contributed by atoms with Gasteiger partial charge in [-0.25, -0.2) is 0 Å². The summed E-state index contributed by atoms with van der Waals surface area (Å²) in [7, 11) is 0. The SMILES string of the molecule is c1ccc(-n2c3ccccc3c3cc4c(cc32)c2ccccc2n4-c2ccc(-c3ccc4c(c3)c3ccccc3n4-c3cccc4ccccc34)cc2)cc1. The highest BCUT2D eigenvalue weighted by Crippen LogP contribution is 2.41. The zero-order valence-electron chi connectivity index (χ0n) is 29.9. The first-order valence-electron chi connectivity index (χ1n) is 18.9. The van der Waals surface area contributed by atoms with Gasteiger partial charge in [0.15, 0.2) is 0 Å². The third-order valence-electron chi connectivity index (χ3n) is 11.6. The van der Waals surface area contributed by atoms with Gasteiger partial charge < -0.3 is 13.7 Å². The first-order chi connectivity index (χ1) is 27.3. The molecule has 3 heteroatoms. The number of benzene rings is 9. The van der Waals surface area contributed by atoms with Gasteiger partial charge in [0, 0.05) is 49.1 Å². The van der Waals surface area contributed by atoms with E-state index in [1.54, 1.807) is 0 Å². The van der Waals surface area contributed by atoms with Crippen LogP contribution in [-0.2, 0) is 0 Å². The van der Waals surface area contributed by atoms with Crippen LogP contribution in [0, 0.1) is 0 Å². The van der Waals surface area contributed by atoms with Crippen molar-refractivity contribution in [3.8, 4) is 28.2 Å². The topological polar surface area (TPSA) is 14.8 Å². The van der Waals surface area contributed by atoms with Crippen molar-refractivity contribution in [3.05, 3.63) is 200 Å². The molecular weight excluding hydrogens is 667 g/mol. The van der Waals surface area contributed by atoms with Gasteiger partial charge in [-0.1, -0.05) is 127 Å². The Morgan fingerprint density at radius 3 is 1.33 bits per heavy atom. The lowest BCUT2D eigenvalue weighted by atomic mass is 10.0. The number of para-hydroxylation sites is 4. The molecule has 3 nitrogen and oxygen atoms in total. The number of rotatable bonds is 4. The third kappa shape index (κ3) is 4.38. The van der Waals surface area contributed by atoms with E-state index in [-0.39, 0.29) is 0 Å². The van der Waals surface area contributed by atoms with Gasteiger partial charge in [-0.15, -0.1) is 0 Å². The quantitative estimate of drug-likeness (QED) is 0.174. The van der Waals surface area contributed by atoms with Gasteiger partial charge in [0.2, 0.25) is 0 Å². The summed E-state index contributed by atoms with van der Waals surface area (Å²) in [4.78, 5) is 0. The van der Waals surface area contributed by atoms with E-state index in [9.17, 15) is 0 Å². The van der Waals surface area contributed by atoms with Crippen molar-refractivity contribution in [1.82, 2.24) is 13.7 Å². The summed E-state index contributed by atoms with van der Waals surface area (Å²) in [5, 5.41) is 10.0. The molecule has 0 saturated heterocycles. The lowest BCUT2D eigenvalue weighted by Gasteiger charge is -2.12. The second-order valence-electron chi connectivity index (χ2n) is 14.6. The molecule has 55 heavy (non-hydrogen) atoms. The monoisotopic (exact) mass is 699 g/mol. The molecule has 256 valence electrons. The average Bonchev–Trinajstić information content (AvgIpc) is 3.88. The van der Waals surface area contributed by atoms with Gasteiger partial charge in [0.1, 0.15) is 0 Å². The fourth-order valence-corrected chi connectivity index (χ4v) is 9.18. The summed E-state index contributed by atoms with van der Waals surface area (Å²) < 4.78 is 7.27. The summed E-state index contributed by atoms with van der Waals surface area (Å²) >= 11 is 0. The predicted octanol–water partition coefficient (Wildman–Crippen LogP) is 13.8. The summed E-state index contributed by atoms with van der Waals surface area (Å²) in [6.45, 7) is 0. The maximum atomic E-state index is 2.43. The Morgan fingerprint density at radius 1 is 0.236 bits per heavy atom. The lowest BCUT2D eigenvalue weighted by molar-refractivity contribution is 1.17. The van der Waals surface area contributed by atoms with Crippen LogP contribution in [0.4, 0.5) is 0 Å². The molecule has 0 radical (unpaired) electrons. The minimum atomic E-state index is 1.15. The molecule has 0 N–H and O–H groups in total. The van der Waals surface area contributed by atoms with Crippen LogP contribution in [0.1, 0.15) is 0 Å². The van der Waals surface area contributed by atoms with Crippen molar-refractivity contribution >= 4 is 76.2 Å². The molecule has 0 aliphatic rings. The fourth-order valence-electron chi connectivity index (χ4n) is 9.18. The molecule has 12 rings (SSSR count). The fraction of sp³-hybridized carbons (Fsp3) is 0. The summed E-state index contributed by atoms with van der Waals surface area (Å²) in [5.74, 6) is 0. The first-order valence-corrected chi connectivity index (χ1v) is 18.9. The molecule has 0 fully saturated rings. The Balaban J connectivity index is 1.02. The van der Waals surface area contributed by atoms with Crippen molar-refractivity contribution in [2.24, 2.45) is 0 Å². The number of aromatic nitrogens is 3. The van der Waals surface area contributed by atoms with Crippen LogP contribution in [0.3, 0.4) is 0 Å². The van der Waals surface area contributed by atoms with E-state index < -0.39 is 0 Å². The van der Waals surface area contributed by atoms with Crippen molar-refractivity contribution in [1.29, 1.82) is 0 Å². The van der Waals surface area contributed by atoms with Gasteiger partial charge in [-0.3, -0.25) is 0 Å². The predicted molar refractivity (Wildman–Crippen MR) is 232 cm³/mol. The smallest absolute Gasteiger partial charge is 0.0548 e. The van der Waals surface area contributed by atoms with E-state index in [1.165, 1.54) is 98.7 Å². The minimum absolute atomic E-state index is 1.15. The molecule has 3 heterocycles. The molecule has 9 aromatic carbocycles. The Labute approximate surface area is 317 Å². The van der Waals surface area contributed by atoms with E-state index in [0.29, 0.717) is 0 Å². The molecule has 0 amide bonds. The maximum Gasteiger partial charge on any atom is 0.0548 e. The largest absolute Gasteiger partial charge is 0.309 e. The Bertz CT molecular complexity index is 3460. The van der Waals surface area contributed by atoms with E-state index in [0.717, 1.165) is 5.69 Å². The molecular formula is C52H33N3. The van der Waals surface area contributed by atoms with Crippen molar-refractivity contribution < 1.29 is 0 Å². The average molecular weight is 700 g/mol. The van der Waals surface area contributed by atoms with E-state index >= 15 is 0 Å². The maximum absolute atomic E-state index is 2.43. The summed E-state index contributed by atoms with van der Waals surface area (Å²) in [6.07, 6.45) is 0. The van der Waals surface area contributed by atoms with E-state index in [1.807, 2.05) is 0 Å². The van der Waals surface area contributed by atoms with Gasteiger partial charge in [0.25, 0.3) is 0 Å². The molecule has 0 atom stereocenters. The van der Waals surface area contributed by atoms with Crippen LogP contribution in [0.2, 0.25) is 0 Å². The Hall–Kier alpha value is -7.36. The summed E-state index contributed by atoms with van der Waals surface area (Å²) in [6, 6.07) is 73.2. The number of fused-ring (bicyclic) bond motifs is 10. The molecule has 0 saturated carbocycles. The van der Waals surface area contributed by atoms with Gasteiger partial charge >= 0.3 is 0 Å². The highest BCUT2D eigenvalue weighted by atomic mass is 15.0. The first kappa shape index (κ1) is 30.1. The molecule has 0 spiro atoms. The van der Waals surface area contributed by atoms with Gasteiger partial charge in [-0.2, -0.15) is 0 Å². The molecule has 0 aliphatic heterocycles. The highest BCUT2D eigenvalue weighted by Gasteiger charge is 2.19. The van der Waals surface area contributed by atoms with Crippen LogP contribution in [-0.4, -0.2) is 13.7 Å². The molecule has 12 aromatic rings. The van der Waals surface area contributed by atoms with Crippen LogP contribution < -0.4 is 0 Å². The van der Waals surface area contributed by atoms with Crippen LogP contribution >= 0.6 is 0 Å². The van der Waals surface area contributed by atoms with Crippen molar-refractivity contribution in [3.63, 3.8) is 0 Å². The second kappa shape index (κ2) is 11.6. The molecule has 0 bridgehead atoms. The number of hydrogen-bond donors (Lipinski definition) is 0. The Morgan fingerprint density at radius 2 is 0.691 bits per heavy atom. The van der Waals surface area contributed by atoms with Crippen molar-refractivity contribution in [2.45, 2.75) is 0 Å². The third-order valence-corrected chi connectivity index (χ3v) is 11.6. The zero-order valence-corrected chi connectivity index (χ0v) is 29.9. The van der Waals surface area contributed by atoms with Crippen LogP contribution in [0.15, 0.2) is 200 Å². The van der Waals surface area contributed by atoms with Gasteiger partial charge in [-0.05, 0) is 89.3 Å². The second-order valence-corrected chi connectivity index (χ2v) is 14.6. The molecule has 0 aliphatic carbocycles. The van der Waals surface area contributed by atoms with Gasteiger partial charge in [0.05, 0.1) is 38.8 Å². The van der Waals surface area contributed by atoms with Crippen LogP contribution in [0.5, 0.6) is 0 Å². The van der Waals surface area contributed by atoms with Crippen molar-refractivity contribution in [2.75, 3.05) is 0 Å². The lowest BCUT2D eigenvalue weighted by Crippen LogP contribution is -1.95. The molecule has 3 aromatic heterocycles. The highest BCUT2D eigenvalue weighted by molar-refractivity contribution is 6.19. The zero-order chi connectivity index (χ0) is 36.0. The van der Waals surface area contributed by atoms with E-state index in [2.05, 4.69) is 214 Å². The number of hydrogen-bond acceptors (Lipinski definition) is 0. The van der Waals surface area contributed by atoms with E-state index in [4.69, 9.17) is 0 Å². The minimum Gasteiger partial charge on any atom is -0.309 e.